The monoisotopic (exact) mass is 255 g/mol. The molecule has 0 unspecified atom stereocenters. The van der Waals surface area contributed by atoms with E-state index in [2.05, 4.69) is 4.98 Å². The van der Waals surface area contributed by atoms with E-state index in [9.17, 15) is 4.79 Å². The topological polar surface area (TPSA) is 48.4 Å². The van der Waals surface area contributed by atoms with Gasteiger partial charge < -0.3 is 9.47 Å². The van der Waals surface area contributed by atoms with Gasteiger partial charge in [0.05, 0.1) is 0 Å². The quantitative estimate of drug-likeness (QED) is 0.773. The second-order valence-electron chi connectivity index (χ2n) is 4.41. The fraction of sp³-hybridized carbons (Fsp3) is 0.200. The third-order valence-electron chi connectivity index (χ3n) is 2.95. The third kappa shape index (κ3) is 2.29. The Hall–Kier alpha value is -2.36. The average molecular weight is 255 g/mol. The van der Waals surface area contributed by atoms with Gasteiger partial charge in [-0.1, -0.05) is 0 Å². The number of fused-ring (bicyclic) bond motifs is 1. The molecule has 0 N–H and O–H groups in total. The first kappa shape index (κ1) is 11.7. The summed E-state index contributed by atoms with van der Waals surface area (Å²) in [6, 6.07) is 8.85. The van der Waals surface area contributed by atoms with E-state index in [0.717, 1.165) is 5.56 Å². The minimum atomic E-state index is -0.110. The predicted octanol–water partition coefficient (Wildman–Crippen LogP) is 2.39. The molecule has 2 heterocycles. The van der Waals surface area contributed by atoms with Crippen LogP contribution >= 0.6 is 0 Å². The Morgan fingerprint density at radius 1 is 1.11 bits per heavy atom. The number of aromatic nitrogens is 1. The van der Waals surface area contributed by atoms with Crippen molar-refractivity contribution in [2.45, 2.75) is 6.92 Å². The number of carbonyl (C=O) groups is 1. The van der Waals surface area contributed by atoms with Crippen LogP contribution in [0.3, 0.4) is 0 Å². The van der Waals surface area contributed by atoms with Gasteiger partial charge in [0.1, 0.15) is 18.9 Å². The second kappa shape index (κ2) is 4.72. The molecule has 2 aromatic rings. The molecule has 4 heteroatoms. The van der Waals surface area contributed by atoms with Crippen LogP contribution in [0.15, 0.2) is 36.5 Å². The zero-order valence-corrected chi connectivity index (χ0v) is 10.6. The van der Waals surface area contributed by atoms with E-state index in [1.54, 1.807) is 30.5 Å². The Bertz CT molecular complexity index is 637. The molecular weight excluding hydrogens is 242 g/mol. The van der Waals surface area contributed by atoms with E-state index >= 15 is 0 Å². The Kier molecular flexibility index (Phi) is 2.91. The summed E-state index contributed by atoms with van der Waals surface area (Å²) in [5.41, 5.74) is 2.01. The van der Waals surface area contributed by atoms with E-state index in [4.69, 9.17) is 9.47 Å². The molecule has 1 aliphatic heterocycles. The van der Waals surface area contributed by atoms with Gasteiger partial charge in [0.15, 0.2) is 11.5 Å². The first-order valence-corrected chi connectivity index (χ1v) is 6.11. The molecule has 3 rings (SSSR count). The zero-order valence-electron chi connectivity index (χ0n) is 10.6. The molecule has 0 radical (unpaired) electrons. The smallest absolute Gasteiger partial charge is 0.211 e. The van der Waals surface area contributed by atoms with Crippen molar-refractivity contribution in [3.8, 4) is 11.5 Å². The van der Waals surface area contributed by atoms with Crippen molar-refractivity contribution >= 4 is 5.78 Å². The second-order valence-corrected chi connectivity index (χ2v) is 4.41. The van der Waals surface area contributed by atoms with E-state index in [1.807, 2.05) is 13.0 Å². The van der Waals surface area contributed by atoms with Gasteiger partial charge in [0.25, 0.3) is 0 Å². The van der Waals surface area contributed by atoms with Crippen LogP contribution in [0.5, 0.6) is 11.5 Å². The Labute approximate surface area is 111 Å². The number of nitrogens with zero attached hydrogens (tertiary/aromatic N) is 1. The fourth-order valence-electron chi connectivity index (χ4n) is 1.99. The van der Waals surface area contributed by atoms with Gasteiger partial charge in [-0.25, -0.2) is 0 Å². The first-order valence-electron chi connectivity index (χ1n) is 6.11. The number of carbonyl (C=O) groups excluding carboxylic acids is 1. The molecular formula is C15H13NO3. The number of hydrogen-bond donors (Lipinski definition) is 0. The van der Waals surface area contributed by atoms with Crippen LogP contribution in [0.25, 0.3) is 0 Å². The number of hydrogen-bond acceptors (Lipinski definition) is 4. The Morgan fingerprint density at radius 3 is 2.68 bits per heavy atom. The molecule has 4 nitrogen and oxygen atoms in total. The number of benzene rings is 1. The highest BCUT2D eigenvalue weighted by Crippen LogP contribution is 2.31. The summed E-state index contributed by atoms with van der Waals surface area (Å²) in [5, 5.41) is 0. The van der Waals surface area contributed by atoms with Gasteiger partial charge in [0.2, 0.25) is 5.78 Å². The van der Waals surface area contributed by atoms with Crippen molar-refractivity contribution in [1.82, 2.24) is 4.98 Å². The Morgan fingerprint density at radius 2 is 1.89 bits per heavy atom. The van der Waals surface area contributed by atoms with E-state index in [1.165, 1.54) is 0 Å². The SMILES string of the molecule is Cc1ccnc(C(=O)c2ccc3c(c2)OCCO3)c1. The minimum absolute atomic E-state index is 0.110. The number of ketones is 1. The van der Waals surface area contributed by atoms with Crippen molar-refractivity contribution in [3.63, 3.8) is 0 Å². The Balaban J connectivity index is 1.96. The van der Waals surface area contributed by atoms with E-state index < -0.39 is 0 Å². The average Bonchev–Trinajstić information content (AvgIpc) is 2.46. The zero-order chi connectivity index (χ0) is 13.2. The minimum Gasteiger partial charge on any atom is -0.486 e. The summed E-state index contributed by atoms with van der Waals surface area (Å²) >= 11 is 0. The molecule has 1 aromatic heterocycles. The summed E-state index contributed by atoms with van der Waals surface area (Å²) in [6.07, 6.45) is 1.64. The van der Waals surface area contributed by atoms with Crippen molar-refractivity contribution in [1.29, 1.82) is 0 Å². The molecule has 0 fully saturated rings. The van der Waals surface area contributed by atoms with Gasteiger partial charge in [-0.2, -0.15) is 0 Å². The molecule has 96 valence electrons. The van der Waals surface area contributed by atoms with Gasteiger partial charge in [-0.3, -0.25) is 9.78 Å². The van der Waals surface area contributed by atoms with Crippen LogP contribution in [-0.2, 0) is 0 Å². The molecule has 0 spiro atoms. The molecule has 19 heavy (non-hydrogen) atoms. The number of rotatable bonds is 2. The summed E-state index contributed by atoms with van der Waals surface area (Å²) in [6.45, 7) is 2.98. The van der Waals surface area contributed by atoms with Crippen LogP contribution in [0.2, 0.25) is 0 Å². The predicted molar refractivity (Wildman–Crippen MR) is 69.8 cm³/mol. The fourth-order valence-corrected chi connectivity index (χ4v) is 1.99. The molecule has 1 aromatic carbocycles. The molecule has 0 atom stereocenters. The molecule has 1 aliphatic rings. The van der Waals surface area contributed by atoms with Gasteiger partial charge in [0, 0.05) is 11.8 Å². The number of ether oxygens (including phenoxy) is 2. The maximum Gasteiger partial charge on any atom is 0.211 e. The van der Waals surface area contributed by atoms with Crippen LogP contribution in [-0.4, -0.2) is 24.0 Å². The summed E-state index contributed by atoms with van der Waals surface area (Å²) in [5.74, 6) is 1.19. The lowest BCUT2D eigenvalue weighted by molar-refractivity contribution is 0.103. The summed E-state index contributed by atoms with van der Waals surface area (Å²) in [4.78, 5) is 16.4. The van der Waals surface area contributed by atoms with Crippen LogP contribution in [0, 0.1) is 6.92 Å². The third-order valence-corrected chi connectivity index (χ3v) is 2.95. The maximum atomic E-state index is 12.3. The summed E-state index contributed by atoms with van der Waals surface area (Å²) < 4.78 is 10.9. The van der Waals surface area contributed by atoms with Crippen LogP contribution in [0.1, 0.15) is 21.6 Å². The highest BCUT2D eigenvalue weighted by molar-refractivity contribution is 6.08. The molecule has 0 aliphatic carbocycles. The lowest BCUT2D eigenvalue weighted by atomic mass is 10.1. The largest absolute Gasteiger partial charge is 0.486 e. The standard InChI is InChI=1S/C15H13NO3/c1-10-4-5-16-12(8-10)15(17)11-2-3-13-14(9-11)19-7-6-18-13/h2-5,8-9H,6-7H2,1H3. The van der Waals surface area contributed by atoms with E-state index in [-0.39, 0.29) is 5.78 Å². The lowest BCUT2D eigenvalue weighted by Gasteiger charge is -2.18. The van der Waals surface area contributed by atoms with Crippen molar-refractivity contribution in [2.75, 3.05) is 13.2 Å². The van der Waals surface area contributed by atoms with Crippen molar-refractivity contribution < 1.29 is 14.3 Å². The van der Waals surface area contributed by atoms with Gasteiger partial charge in [-0.15, -0.1) is 0 Å². The number of pyridine rings is 1. The highest BCUT2D eigenvalue weighted by atomic mass is 16.6. The first-order chi connectivity index (χ1) is 9.24. The van der Waals surface area contributed by atoms with Crippen molar-refractivity contribution in [2.24, 2.45) is 0 Å². The number of aryl methyl sites for hydroxylation is 1. The van der Waals surface area contributed by atoms with Gasteiger partial charge in [-0.05, 0) is 42.8 Å². The van der Waals surface area contributed by atoms with Crippen LogP contribution < -0.4 is 9.47 Å². The summed E-state index contributed by atoms with van der Waals surface area (Å²) in [7, 11) is 0. The highest BCUT2D eigenvalue weighted by Gasteiger charge is 2.16. The molecule has 0 bridgehead atoms. The lowest BCUT2D eigenvalue weighted by Crippen LogP contribution is -2.16. The van der Waals surface area contributed by atoms with Gasteiger partial charge >= 0.3 is 0 Å². The molecule has 0 saturated carbocycles. The molecule has 0 saturated heterocycles. The maximum absolute atomic E-state index is 12.3. The normalized spacial score (nSPS) is 13.1. The van der Waals surface area contributed by atoms with Crippen LogP contribution in [0.4, 0.5) is 0 Å². The molecule has 0 amide bonds. The van der Waals surface area contributed by atoms with E-state index in [0.29, 0.717) is 36.0 Å². The van der Waals surface area contributed by atoms with Crippen molar-refractivity contribution in [3.05, 3.63) is 53.3 Å².